The minimum Gasteiger partial charge on any atom is -0.457 e. The van der Waals surface area contributed by atoms with Crippen molar-refractivity contribution >= 4 is 5.84 Å². The van der Waals surface area contributed by atoms with E-state index in [2.05, 4.69) is 29.2 Å². The highest BCUT2D eigenvalue weighted by atomic mass is 16.5. The Balaban J connectivity index is 2.07. The average Bonchev–Trinajstić information content (AvgIpc) is 2.53. The Kier molecular flexibility index (Phi) is 5.15. The van der Waals surface area contributed by atoms with E-state index in [-0.39, 0.29) is 5.84 Å². The second kappa shape index (κ2) is 7.28. The average molecular weight is 285 g/mol. The van der Waals surface area contributed by atoms with Crippen molar-refractivity contribution in [3.63, 3.8) is 0 Å². The van der Waals surface area contributed by atoms with Gasteiger partial charge in [0.2, 0.25) is 0 Å². The van der Waals surface area contributed by atoms with E-state index in [0.717, 1.165) is 12.2 Å². The standard InChI is InChI=1S/C16H19N3O2/c1-2-3-4-12-5-7-13(8-6-12)21-14-9-10-18-15(11-14)16(17)19-20/h5-11,20H,2-4H2,1H3,(H2,17,19). The van der Waals surface area contributed by atoms with Gasteiger partial charge in [0.25, 0.3) is 0 Å². The molecule has 0 radical (unpaired) electrons. The lowest BCUT2D eigenvalue weighted by Gasteiger charge is -2.07. The fourth-order valence-corrected chi connectivity index (χ4v) is 1.91. The third-order valence-electron chi connectivity index (χ3n) is 3.08. The van der Waals surface area contributed by atoms with Crippen molar-refractivity contribution in [1.29, 1.82) is 0 Å². The Morgan fingerprint density at radius 3 is 2.67 bits per heavy atom. The van der Waals surface area contributed by atoms with Gasteiger partial charge in [-0.05, 0) is 36.6 Å². The minimum atomic E-state index is -0.0460. The second-order valence-electron chi connectivity index (χ2n) is 4.71. The first-order valence-corrected chi connectivity index (χ1v) is 6.93. The number of nitrogens with zero attached hydrogens (tertiary/aromatic N) is 2. The number of nitrogens with two attached hydrogens (primary N) is 1. The number of rotatable bonds is 6. The smallest absolute Gasteiger partial charge is 0.188 e. The molecule has 1 aromatic carbocycles. The normalized spacial score (nSPS) is 11.4. The van der Waals surface area contributed by atoms with Gasteiger partial charge in [0.05, 0.1) is 0 Å². The quantitative estimate of drug-likeness (QED) is 0.369. The van der Waals surface area contributed by atoms with Gasteiger partial charge in [0.15, 0.2) is 5.84 Å². The molecule has 2 aromatic rings. The molecule has 0 amide bonds. The first kappa shape index (κ1) is 14.8. The van der Waals surface area contributed by atoms with Crippen LogP contribution in [0.4, 0.5) is 0 Å². The molecule has 21 heavy (non-hydrogen) atoms. The van der Waals surface area contributed by atoms with Crippen LogP contribution in [0.5, 0.6) is 11.5 Å². The number of aromatic nitrogens is 1. The van der Waals surface area contributed by atoms with Gasteiger partial charge in [0.1, 0.15) is 17.2 Å². The third kappa shape index (κ3) is 4.21. The van der Waals surface area contributed by atoms with Gasteiger partial charge in [0, 0.05) is 12.3 Å². The molecule has 0 fully saturated rings. The molecule has 0 aliphatic rings. The molecule has 3 N–H and O–H groups in total. The highest BCUT2D eigenvalue weighted by Gasteiger charge is 2.04. The van der Waals surface area contributed by atoms with E-state index in [0.29, 0.717) is 11.4 Å². The van der Waals surface area contributed by atoms with Crippen LogP contribution in [0.2, 0.25) is 0 Å². The van der Waals surface area contributed by atoms with E-state index in [1.165, 1.54) is 18.4 Å². The predicted molar refractivity (Wildman–Crippen MR) is 81.9 cm³/mol. The van der Waals surface area contributed by atoms with Crippen molar-refractivity contribution in [3.05, 3.63) is 53.9 Å². The van der Waals surface area contributed by atoms with E-state index in [1.54, 1.807) is 18.3 Å². The summed E-state index contributed by atoms with van der Waals surface area (Å²) in [5.41, 5.74) is 7.18. The molecule has 0 saturated carbocycles. The molecule has 2 rings (SSSR count). The Morgan fingerprint density at radius 2 is 2.00 bits per heavy atom. The minimum absolute atomic E-state index is 0.0460. The zero-order valence-electron chi connectivity index (χ0n) is 12.0. The van der Waals surface area contributed by atoms with Gasteiger partial charge in [-0.25, -0.2) is 0 Å². The van der Waals surface area contributed by atoms with Gasteiger partial charge >= 0.3 is 0 Å². The Bertz CT molecular complexity index is 609. The van der Waals surface area contributed by atoms with Crippen molar-refractivity contribution in [1.82, 2.24) is 4.98 Å². The number of ether oxygens (including phenoxy) is 1. The third-order valence-corrected chi connectivity index (χ3v) is 3.08. The number of hydrogen-bond acceptors (Lipinski definition) is 4. The highest BCUT2D eigenvalue weighted by Crippen LogP contribution is 2.22. The second-order valence-corrected chi connectivity index (χ2v) is 4.71. The van der Waals surface area contributed by atoms with Gasteiger partial charge in [-0.1, -0.05) is 30.6 Å². The van der Waals surface area contributed by atoms with Crippen LogP contribution in [0.1, 0.15) is 31.0 Å². The van der Waals surface area contributed by atoms with E-state index < -0.39 is 0 Å². The number of aryl methyl sites for hydroxylation is 1. The summed E-state index contributed by atoms with van der Waals surface area (Å²) < 4.78 is 5.74. The number of benzene rings is 1. The van der Waals surface area contributed by atoms with Crippen LogP contribution in [0.3, 0.4) is 0 Å². The van der Waals surface area contributed by atoms with Crippen LogP contribution in [0.15, 0.2) is 47.8 Å². The summed E-state index contributed by atoms with van der Waals surface area (Å²) >= 11 is 0. The molecular weight excluding hydrogens is 266 g/mol. The molecule has 0 aliphatic heterocycles. The molecule has 1 heterocycles. The van der Waals surface area contributed by atoms with Gasteiger partial charge in [-0.3, -0.25) is 4.98 Å². The van der Waals surface area contributed by atoms with Crippen molar-refractivity contribution in [2.75, 3.05) is 0 Å². The molecule has 1 aromatic heterocycles. The Hall–Kier alpha value is -2.56. The number of pyridine rings is 1. The lowest BCUT2D eigenvalue weighted by molar-refractivity contribution is 0.318. The maximum absolute atomic E-state index is 8.65. The topological polar surface area (TPSA) is 80.7 Å². The van der Waals surface area contributed by atoms with E-state index in [4.69, 9.17) is 15.7 Å². The molecule has 0 saturated heterocycles. The molecule has 110 valence electrons. The van der Waals surface area contributed by atoms with Crippen LogP contribution in [0, 0.1) is 0 Å². The van der Waals surface area contributed by atoms with Crippen LogP contribution < -0.4 is 10.5 Å². The lowest BCUT2D eigenvalue weighted by Crippen LogP contribution is -2.14. The molecule has 0 bridgehead atoms. The Labute approximate surface area is 124 Å². The molecule has 5 heteroatoms. The first-order valence-electron chi connectivity index (χ1n) is 6.93. The molecule has 5 nitrogen and oxygen atoms in total. The first-order chi connectivity index (χ1) is 10.2. The summed E-state index contributed by atoms with van der Waals surface area (Å²) in [4.78, 5) is 4.00. The lowest BCUT2D eigenvalue weighted by atomic mass is 10.1. The van der Waals surface area contributed by atoms with Crippen molar-refractivity contribution in [2.45, 2.75) is 26.2 Å². The van der Waals surface area contributed by atoms with Gasteiger partial charge in [-0.15, -0.1) is 0 Å². The predicted octanol–water partition coefficient (Wildman–Crippen LogP) is 3.31. The summed E-state index contributed by atoms with van der Waals surface area (Å²) in [7, 11) is 0. The van der Waals surface area contributed by atoms with Crippen molar-refractivity contribution in [2.24, 2.45) is 10.9 Å². The zero-order chi connectivity index (χ0) is 15.1. The molecule has 0 unspecified atom stereocenters. The summed E-state index contributed by atoms with van der Waals surface area (Å²) in [5, 5.41) is 11.6. The van der Waals surface area contributed by atoms with Crippen LogP contribution in [0.25, 0.3) is 0 Å². The van der Waals surface area contributed by atoms with E-state index in [1.807, 2.05) is 12.1 Å². The number of unbranched alkanes of at least 4 members (excludes halogenated alkanes) is 1. The SMILES string of the molecule is CCCCc1ccc(Oc2ccnc(/C(N)=N/O)c2)cc1. The summed E-state index contributed by atoms with van der Waals surface area (Å²) in [5.74, 6) is 1.29. The largest absolute Gasteiger partial charge is 0.457 e. The molecule has 0 atom stereocenters. The van der Waals surface area contributed by atoms with Crippen molar-refractivity contribution < 1.29 is 9.94 Å². The zero-order valence-corrected chi connectivity index (χ0v) is 12.0. The fraction of sp³-hybridized carbons (Fsp3) is 0.250. The van der Waals surface area contributed by atoms with Gasteiger partial charge in [-0.2, -0.15) is 0 Å². The maximum atomic E-state index is 8.65. The number of oxime groups is 1. The number of hydrogen-bond donors (Lipinski definition) is 2. The Morgan fingerprint density at radius 1 is 1.24 bits per heavy atom. The van der Waals surface area contributed by atoms with Crippen LogP contribution >= 0.6 is 0 Å². The monoisotopic (exact) mass is 285 g/mol. The molecular formula is C16H19N3O2. The van der Waals surface area contributed by atoms with Crippen LogP contribution in [-0.2, 0) is 6.42 Å². The van der Waals surface area contributed by atoms with Gasteiger partial charge < -0.3 is 15.7 Å². The highest BCUT2D eigenvalue weighted by molar-refractivity contribution is 5.95. The van der Waals surface area contributed by atoms with Crippen molar-refractivity contribution in [3.8, 4) is 11.5 Å². The van der Waals surface area contributed by atoms with E-state index >= 15 is 0 Å². The number of amidine groups is 1. The van der Waals surface area contributed by atoms with E-state index in [9.17, 15) is 0 Å². The summed E-state index contributed by atoms with van der Waals surface area (Å²) in [6.07, 6.45) is 5.01. The molecule has 0 spiro atoms. The summed E-state index contributed by atoms with van der Waals surface area (Å²) in [6, 6.07) is 11.4. The fourth-order valence-electron chi connectivity index (χ4n) is 1.91. The maximum Gasteiger partial charge on any atom is 0.188 e. The van der Waals surface area contributed by atoms with Crippen LogP contribution in [-0.4, -0.2) is 16.0 Å². The summed E-state index contributed by atoms with van der Waals surface area (Å²) in [6.45, 7) is 2.18. The molecule has 0 aliphatic carbocycles.